The molecule has 0 radical (unpaired) electrons. The molecule has 0 saturated carbocycles. The fourth-order valence-corrected chi connectivity index (χ4v) is 2.00. The van der Waals surface area contributed by atoms with Crippen LogP contribution in [-0.4, -0.2) is 17.6 Å². The van der Waals surface area contributed by atoms with E-state index >= 15 is 0 Å². The molecule has 2 aromatic rings. The van der Waals surface area contributed by atoms with E-state index in [0.29, 0.717) is 4.47 Å². The van der Waals surface area contributed by atoms with E-state index in [1.54, 1.807) is 18.2 Å². The van der Waals surface area contributed by atoms with Crippen LogP contribution in [0.15, 0.2) is 40.9 Å². The molecule has 0 aromatic heterocycles. The van der Waals surface area contributed by atoms with Gasteiger partial charge in [0.25, 0.3) is 5.91 Å². The number of ether oxygens (including phenoxy) is 1. The summed E-state index contributed by atoms with van der Waals surface area (Å²) in [5.74, 6) is -1.09. The Balaban J connectivity index is 1.96. The Kier molecular flexibility index (Phi) is 4.80. The van der Waals surface area contributed by atoms with Crippen molar-refractivity contribution in [2.75, 3.05) is 11.9 Å². The summed E-state index contributed by atoms with van der Waals surface area (Å²) in [4.78, 5) is 11.7. The number of rotatable bonds is 4. The maximum absolute atomic E-state index is 13.5. The molecule has 2 rings (SSSR count). The third kappa shape index (κ3) is 4.19. The second kappa shape index (κ2) is 6.58. The molecule has 0 spiro atoms. The highest BCUT2D eigenvalue weighted by Gasteiger charge is 2.09. The molecule has 1 amide bonds. The van der Waals surface area contributed by atoms with Crippen molar-refractivity contribution in [3.8, 4) is 11.5 Å². The maximum Gasteiger partial charge on any atom is 0.262 e. The van der Waals surface area contributed by atoms with Crippen LogP contribution >= 0.6 is 15.9 Å². The standard InChI is InChI=1S/C15H13BrFNO3/c1-9-2-4-12(13(19)6-9)18-15(20)8-21-14-5-3-10(16)7-11(14)17/h2-7,19H,8H2,1H3,(H,18,20). The molecule has 110 valence electrons. The summed E-state index contributed by atoms with van der Waals surface area (Å²) >= 11 is 3.13. The van der Waals surface area contributed by atoms with Gasteiger partial charge in [-0.15, -0.1) is 0 Å². The third-order valence-electron chi connectivity index (χ3n) is 2.68. The molecule has 2 N–H and O–H groups in total. The van der Waals surface area contributed by atoms with Gasteiger partial charge in [-0.25, -0.2) is 4.39 Å². The zero-order chi connectivity index (χ0) is 15.4. The van der Waals surface area contributed by atoms with Gasteiger partial charge in [0.1, 0.15) is 5.75 Å². The van der Waals surface area contributed by atoms with E-state index in [2.05, 4.69) is 21.2 Å². The van der Waals surface area contributed by atoms with Gasteiger partial charge < -0.3 is 15.2 Å². The van der Waals surface area contributed by atoms with E-state index in [1.165, 1.54) is 18.2 Å². The van der Waals surface area contributed by atoms with Gasteiger partial charge >= 0.3 is 0 Å². The fraction of sp³-hybridized carbons (Fsp3) is 0.133. The number of amides is 1. The van der Waals surface area contributed by atoms with Gasteiger partial charge in [0.2, 0.25) is 0 Å². The zero-order valence-electron chi connectivity index (χ0n) is 11.2. The van der Waals surface area contributed by atoms with E-state index in [1.807, 2.05) is 6.92 Å². The van der Waals surface area contributed by atoms with Crippen molar-refractivity contribution < 1.29 is 19.0 Å². The number of halogens is 2. The average molecular weight is 354 g/mol. The van der Waals surface area contributed by atoms with Gasteiger partial charge in [-0.3, -0.25) is 4.79 Å². The van der Waals surface area contributed by atoms with Crippen LogP contribution in [-0.2, 0) is 4.79 Å². The number of nitrogens with one attached hydrogen (secondary N) is 1. The van der Waals surface area contributed by atoms with Gasteiger partial charge in [0, 0.05) is 4.47 Å². The number of carbonyl (C=O) groups is 1. The normalized spacial score (nSPS) is 10.2. The minimum Gasteiger partial charge on any atom is -0.506 e. The lowest BCUT2D eigenvalue weighted by molar-refractivity contribution is -0.118. The Morgan fingerprint density at radius 2 is 2.10 bits per heavy atom. The van der Waals surface area contributed by atoms with Crippen LogP contribution in [0.1, 0.15) is 5.56 Å². The number of anilines is 1. The first kappa shape index (κ1) is 15.3. The van der Waals surface area contributed by atoms with Gasteiger partial charge in [-0.2, -0.15) is 0 Å². The first-order chi connectivity index (χ1) is 9.95. The predicted molar refractivity (Wildman–Crippen MR) is 81.1 cm³/mol. The number of hydrogen-bond acceptors (Lipinski definition) is 3. The summed E-state index contributed by atoms with van der Waals surface area (Å²) in [6.07, 6.45) is 0. The predicted octanol–water partition coefficient (Wildman–Crippen LogP) is 3.62. The monoisotopic (exact) mass is 353 g/mol. The highest BCUT2D eigenvalue weighted by atomic mass is 79.9. The molecule has 0 heterocycles. The quantitative estimate of drug-likeness (QED) is 0.825. The van der Waals surface area contributed by atoms with Gasteiger partial charge in [0.15, 0.2) is 18.2 Å². The molecule has 21 heavy (non-hydrogen) atoms. The van der Waals surface area contributed by atoms with Crippen LogP contribution in [0.4, 0.5) is 10.1 Å². The molecule has 0 atom stereocenters. The highest BCUT2D eigenvalue weighted by molar-refractivity contribution is 9.10. The van der Waals surface area contributed by atoms with Crippen molar-refractivity contribution in [1.82, 2.24) is 0 Å². The topological polar surface area (TPSA) is 58.6 Å². The van der Waals surface area contributed by atoms with E-state index in [0.717, 1.165) is 5.56 Å². The molecule has 0 bridgehead atoms. The first-order valence-corrected chi connectivity index (χ1v) is 6.92. The summed E-state index contributed by atoms with van der Waals surface area (Å²) < 4.78 is 19.2. The van der Waals surface area contributed by atoms with Gasteiger partial charge in [-0.05, 0) is 42.8 Å². The van der Waals surface area contributed by atoms with Crippen molar-refractivity contribution in [3.63, 3.8) is 0 Å². The first-order valence-electron chi connectivity index (χ1n) is 6.13. The Morgan fingerprint density at radius 3 is 2.76 bits per heavy atom. The molecule has 0 saturated heterocycles. The number of aromatic hydroxyl groups is 1. The molecule has 0 aliphatic carbocycles. The van der Waals surface area contributed by atoms with E-state index in [-0.39, 0.29) is 23.8 Å². The van der Waals surface area contributed by atoms with Crippen molar-refractivity contribution in [1.29, 1.82) is 0 Å². The van der Waals surface area contributed by atoms with Crippen molar-refractivity contribution in [2.24, 2.45) is 0 Å². The minimum absolute atomic E-state index is 0.0125. The van der Waals surface area contributed by atoms with Crippen molar-refractivity contribution in [2.45, 2.75) is 6.92 Å². The molecule has 0 aliphatic rings. The zero-order valence-corrected chi connectivity index (χ0v) is 12.8. The average Bonchev–Trinajstić information content (AvgIpc) is 2.41. The maximum atomic E-state index is 13.5. The van der Waals surface area contributed by atoms with Crippen LogP contribution in [0, 0.1) is 12.7 Å². The van der Waals surface area contributed by atoms with Crippen LogP contribution < -0.4 is 10.1 Å². The fourth-order valence-electron chi connectivity index (χ4n) is 1.67. The summed E-state index contributed by atoms with van der Waals surface area (Å²) in [5, 5.41) is 12.2. The van der Waals surface area contributed by atoms with Crippen molar-refractivity contribution >= 4 is 27.5 Å². The summed E-state index contributed by atoms with van der Waals surface area (Å²) in [7, 11) is 0. The number of phenols is 1. The van der Waals surface area contributed by atoms with Crippen LogP contribution in [0.25, 0.3) is 0 Å². The Morgan fingerprint density at radius 1 is 1.33 bits per heavy atom. The third-order valence-corrected chi connectivity index (χ3v) is 3.17. The SMILES string of the molecule is Cc1ccc(NC(=O)COc2ccc(Br)cc2F)c(O)c1. The lowest BCUT2D eigenvalue weighted by Gasteiger charge is -2.10. The second-order valence-corrected chi connectivity index (χ2v) is 5.35. The lowest BCUT2D eigenvalue weighted by atomic mass is 10.2. The molecule has 4 nitrogen and oxygen atoms in total. The smallest absolute Gasteiger partial charge is 0.262 e. The summed E-state index contributed by atoms with van der Waals surface area (Å²) in [6.45, 7) is 1.47. The van der Waals surface area contributed by atoms with E-state index < -0.39 is 11.7 Å². The lowest BCUT2D eigenvalue weighted by Crippen LogP contribution is -2.20. The molecule has 0 unspecified atom stereocenters. The second-order valence-electron chi connectivity index (χ2n) is 4.43. The number of hydrogen-bond donors (Lipinski definition) is 2. The van der Waals surface area contributed by atoms with Gasteiger partial charge in [-0.1, -0.05) is 22.0 Å². The summed E-state index contributed by atoms with van der Waals surface area (Å²) in [6, 6.07) is 9.16. The van der Waals surface area contributed by atoms with Crippen LogP contribution in [0.2, 0.25) is 0 Å². The van der Waals surface area contributed by atoms with Crippen LogP contribution in [0.3, 0.4) is 0 Å². The molecular formula is C15H13BrFNO3. The Labute approximate surface area is 129 Å². The molecule has 0 aliphatic heterocycles. The Bertz CT molecular complexity index is 676. The number of carbonyl (C=O) groups excluding carboxylic acids is 1. The Hall–Kier alpha value is -2.08. The number of benzene rings is 2. The van der Waals surface area contributed by atoms with Crippen LogP contribution in [0.5, 0.6) is 11.5 Å². The highest BCUT2D eigenvalue weighted by Crippen LogP contribution is 2.24. The molecule has 0 fully saturated rings. The number of phenolic OH excluding ortho intramolecular Hbond substituents is 1. The largest absolute Gasteiger partial charge is 0.506 e. The van der Waals surface area contributed by atoms with E-state index in [4.69, 9.17) is 4.74 Å². The number of aryl methyl sites for hydroxylation is 1. The minimum atomic E-state index is -0.560. The molecular weight excluding hydrogens is 341 g/mol. The van der Waals surface area contributed by atoms with Crippen molar-refractivity contribution in [3.05, 3.63) is 52.3 Å². The van der Waals surface area contributed by atoms with Gasteiger partial charge in [0.05, 0.1) is 5.69 Å². The molecule has 2 aromatic carbocycles. The van der Waals surface area contributed by atoms with E-state index in [9.17, 15) is 14.3 Å². The molecule has 6 heteroatoms. The summed E-state index contributed by atoms with van der Waals surface area (Å²) in [5.41, 5.74) is 1.16.